The Morgan fingerprint density at radius 1 is 1.12 bits per heavy atom. The largest absolute Gasteiger partial charge is 1.00 e. The number of halogens is 1. The minimum Gasteiger partial charge on any atom is -1.00 e. The quantitative estimate of drug-likeness (QED) is 0.684. The molecular formula is C14H16ClNO. The molecule has 0 radical (unpaired) electrons. The van der Waals surface area contributed by atoms with Crippen molar-refractivity contribution in [3.8, 4) is 0 Å². The topological polar surface area (TPSA) is 24.1 Å². The van der Waals surface area contributed by atoms with Crippen molar-refractivity contribution < 1.29 is 22.1 Å². The van der Waals surface area contributed by atoms with Crippen LogP contribution in [0.15, 0.2) is 54.9 Å². The minimum absolute atomic E-state index is 0. The van der Waals surface area contributed by atoms with Gasteiger partial charge in [-0.1, -0.05) is 30.3 Å². The maximum atomic E-state index is 9.50. The van der Waals surface area contributed by atoms with Crippen LogP contribution in [-0.4, -0.2) is 11.7 Å². The van der Waals surface area contributed by atoms with Crippen LogP contribution in [0.5, 0.6) is 0 Å². The Morgan fingerprint density at radius 3 is 2.41 bits per heavy atom. The molecule has 0 aliphatic carbocycles. The van der Waals surface area contributed by atoms with Gasteiger partial charge in [0.15, 0.2) is 12.4 Å². The Labute approximate surface area is 108 Å². The van der Waals surface area contributed by atoms with Gasteiger partial charge in [-0.2, -0.15) is 4.57 Å². The summed E-state index contributed by atoms with van der Waals surface area (Å²) in [7, 11) is 0. The number of hydrogen-bond acceptors (Lipinski definition) is 1. The molecule has 2 rings (SSSR count). The normalized spacial score (nSPS) is 11.6. The lowest BCUT2D eigenvalue weighted by Crippen LogP contribution is -3.00. The molecule has 0 bridgehead atoms. The molecule has 90 valence electrons. The second-order valence-electron chi connectivity index (χ2n) is 3.94. The van der Waals surface area contributed by atoms with Gasteiger partial charge < -0.3 is 17.5 Å². The number of pyridine rings is 1. The van der Waals surface area contributed by atoms with E-state index in [0.717, 1.165) is 5.56 Å². The van der Waals surface area contributed by atoms with Crippen LogP contribution in [0.25, 0.3) is 0 Å². The summed E-state index contributed by atoms with van der Waals surface area (Å²) in [5, 5.41) is 9.50. The highest BCUT2D eigenvalue weighted by atomic mass is 35.5. The lowest BCUT2D eigenvalue weighted by molar-refractivity contribution is -0.715. The minimum atomic E-state index is 0. The molecule has 1 aromatic heterocycles. The smallest absolute Gasteiger partial charge is 0.206 e. The molecule has 1 atom stereocenters. The first-order valence-corrected chi connectivity index (χ1v) is 5.44. The molecule has 0 amide bonds. The summed E-state index contributed by atoms with van der Waals surface area (Å²) in [4.78, 5) is 0. The van der Waals surface area contributed by atoms with Gasteiger partial charge in [0.1, 0.15) is 6.61 Å². The molecular weight excluding hydrogens is 234 g/mol. The van der Waals surface area contributed by atoms with Crippen LogP contribution in [0.1, 0.15) is 17.2 Å². The summed E-state index contributed by atoms with van der Waals surface area (Å²) in [6.07, 6.45) is 4.04. The van der Waals surface area contributed by atoms with E-state index in [1.54, 1.807) is 0 Å². The van der Waals surface area contributed by atoms with E-state index < -0.39 is 0 Å². The fraction of sp³-hybridized carbons (Fsp3) is 0.214. The van der Waals surface area contributed by atoms with E-state index in [2.05, 4.69) is 13.0 Å². The molecule has 2 nitrogen and oxygen atoms in total. The molecule has 0 saturated carbocycles. The zero-order valence-corrected chi connectivity index (χ0v) is 10.5. The molecule has 3 heteroatoms. The second-order valence-corrected chi connectivity index (χ2v) is 3.94. The van der Waals surface area contributed by atoms with E-state index in [1.165, 1.54) is 5.56 Å². The molecule has 1 aromatic carbocycles. The van der Waals surface area contributed by atoms with Crippen molar-refractivity contribution in [3.05, 3.63) is 66.0 Å². The number of rotatable bonds is 3. The van der Waals surface area contributed by atoms with Gasteiger partial charge >= 0.3 is 0 Å². The van der Waals surface area contributed by atoms with Gasteiger partial charge in [-0.15, -0.1) is 0 Å². The molecule has 17 heavy (non-hydrogen) atoms. The Kier molecular flexibility index (Phi) is 5.13. The van der Waals surface area contributed by atoms with Crippen molar-refractivity contribution in [1.82, 2.24) is 0 Å². The van der Waals surface area contributed by atoms with Gasteiger partial charge in [0.05, 0.1) is 0 Å². The summed E-state index contributed by atoms with van der Waals surface area (Å²) in [6.45, 7) is 2.16. The number of aliphatic hydroxyl groups is 1. The maximum Gasteiger partial charge on any atom is 0.206 e. The van der Waals surface area contributed by atoms with Crippen LogP contribution < -0.4 is 17.0 Å². The van der Waals surface area contributed by atoms with Crippen LogP contribution in [0.4, 0.5) is 0 Å². The molecule has 2 aromatic rings. The van der Waals surface area contributed by atoms with Crippen LogP contribution in [0, 0.1) is 6.92 Å². The van der Waals surface area contributed by atoms with Gasteiger partial charge in [0.2, 0.25) is 6.04 Å². The molecule has 0 aliphatic rings. The van der Waals surface area contributed by atoms with Crippen molar-refractivity contribution in [2.45, 2.75) is 13.0 Å². The predicted molar refractivity (Wildman–Crippen MR) is 63.0 cm³/mol. The van der Waals surface area contributed by atoms with Crippen molar-refractivity contribution >= 4 is 0 Å². The predicted octanol–water partition coefficient (Wildman–Crippen LogP) is -1.13. The highest BCUT2D eigenvalue weighted by Gasteiger charge is 2.19. The fourth-order valence-corrected chi connectivity index (χ4v) is 1.86. The molecule has 0 unspecified atom stereocenters. The lowest BCUT2D eigenvalue weighted by atomic mass is 10.1. The van der Waals surface area contributed by atoms with Crippen molar-refractivity contribution in [3.63, 3.8) is 0 Å². The van der Waals surface area contributed by atoms with Crippen molar-refractivity contribution in [2.75, 3.05) is 6.61 Å². The van der Waals surface area contributed by atoms with E-state index in [9.17, 15) is 5.11 Å². The van der Waals surface area contributed by atoms with Crippen molar-refractivity contribution in [2.24, 2.45) is 0 Å². The summed E-state index contributed by atoms with van der Waals surface area (Å²) < 4.78 is 2.05. The monoisotopic (exact) mass is 249 g/mol. The van der Waals surface area contributed by atoms with Crippen LogP contribution in [0.3, 0.4) is 0 Å². The van der Waals surface area contributed by atoms with Gasteiger partial charge in [0.25, 0.3) is 0 Å². The van der Waals surface area contributed by atoms with E-state index in [1.807, 2.05) is 53.4 Å². The van der Waals surface area contributed by atoms with Gasteiger partial charge in [-0.05, 0) is 13.0 Å². The summed E-state index contributed by atoms with van der Waals surface area (Å²) >= 11 is 0. The number of nitrogens with zero attached hydrogens (tertiary/aromatic N) is 1. The van der Waals surface area contributed by atoms with Crippen LogP contribution in [0.2, 0.25) is 0 Å². The average molecular weight is 250 g/mol. The zero-order chi connectivity index (χ0) is 11.4. The highest BCUT2D eigenvalue weighted by Crippen LogP contribution is 2.11. The fourth-order valence-electron chi connectivity index (χ4n) is 1.86. The zero-order valence-electron chi connectivity index (χ0n) is 9.75. The summed E-state index contributed by atoms with van der Waals surface area (Å²) in [6, 6.07) is 14.1. The Bertz CT molecular complexity index is 459. The molecule has 0 saturated heterocycles. The van der Waals surface area contributed by atoms with E-state index in [0.29, 0.717) is 0 Å². The number of benzene rings is 1. The number of hydrogen-bond donors (Lipinski definition) is 1. The van der Waals surface area contributed by atoms with Gasteiger partial charge in [-0.25, -0.2) is 0 Å². The Hall–Kier alpha value is -1.38. The Balaban J connectivity index is 0.00000144. The lowest BCUT2D eigenvalue weighted by Gasteiger charge is -2.10. The number of aryl methyl sites for hydroxylation is 1. The highest BCUT2D eigenvalue weighted by molar-refractivity contribution is 5.17. The van der Waals surface area contributed by atoms with Gasteiger partial charge in [0, 0.05) is 17.2 Å². The van der Waals surface area contributed by atoms with Crippen LogP contribution >= 0.6 is 0 Å². The second kappa shape index (κ2) is 6.38. The third-order valence-electron chi connectivity index (χ3n) is 2.69. The van der Waals surface area contributed by atoms with E-state index in [-0.39, 0.29) is 25.1 Å². The number of aromatic nitrogens is 1. The van der Waals surface area contributed by atoms with E-state index in [4.69, 9.17) is 0 Å². The van der Waals surface area contributed by atoms with Gasteiger partial charge in [-0.3, -0.25) is 0 Å². The van der Waals surface area contributed by atoms with E-state index >= 15 is 0 Å². The SMILES string of the molecule is Cc1ccc[n+]([C@@H](CO)c2ccccc2)c1.[Cl-]. The molecule has 0 spiro atoms. The molecule has 0 aliphatic heterocycles. The molecule has 1 N–H and O–H groups in total. The average Bonchev–Trinajstić information content (AvgIpc) is 2.31. The summed E-state index contributed by atoms with van der Waals surface area (Å²) in [5.74, 6) is 0. The first-order chi connectivity index (χ1) is 7.81. The van der Waals surface area contributed by atoms with Crippen molar-refractivity contribution in [1.29, 1.82) is 0 Å². The Morgan fingerprint density at radius 2 is 1.82 bits per heavy atom. The first kappa shape index (κ1) is 13.7. The third kappa shape index (κ3) is 3.29. The standard InChI is InChI=1S/C14H16NO.ClH/c1-12-6-5-9-15(10-12)14(11-16)13-7-3-2-4-8-13;/h2-10,14,16H,11H2,1H3;1H/q+1;/p-1/t14-;/m0./s1. The number of aliphatic hydroxyl groups excluding tert-OH is 1. The van der Waals surface area contributed by atoms with Crippen LogP contribution in [-0.2, 0) is 0 Å². The maximum absolute atomic E-state index is 9.50. The first-order valence-electron chi connectivity index (χ1n) is 5.44. The third-order valence-corrected chi connectivity index (χ3v) is 2.69. The molecule has 0 fully saturated rings. The summed E-state index contributed by atoms with van der Waals surface area (Å²) in [5.41, 5.74) is 2.32. The molecule has 1 heterocycles.